The molecule has 1 saturated heterocycles. The zero-order chi connectivity index (χ0) is 17.1. The van der Waals surface area contributed by atoms with E-state index >= 15 is 0 Å². The quantitative estimate of drug-likeness (QED) is 0.914. The van der Waals surface area contributed by atoms with Crippen LogP contribution in [0.15, 0.2) is 29.6 Å². The fourth-order valence-electron chi connectivity index (χ4n) is 3.47. The predicted molar refractivity (Wildman–Crippen MR) is 99.2 cm³/mol. The molecule has 5 nitrogen and oxygen atoms in total. The maximum Gasteiger partial charge on any atom is 0.223 e. The Morgan fingerprint density at radius 1 is 1.32 bits per heavy atom. The minimum absolute atomic E-state index is 0.0414. The highest BCUT2D eigenvalue weighted by molar-refractivity contribution is 7.13. The van der Waals surface area contributed by atoms with Gasteiger partial charge in [-0.05, 0) is 37.3 Å². The zero-order valence-corrected chi connectivity index (χ0v) is 15.1. The average Bonchev–Trinajstić information content (AvgIpc) is 3.27. The number of nitrogens with one attached hydrogen (secondary N) is 1. The number of carbonyl (C=O) groups excluding carboxylic acids is 1. The summed E-state index contributed by atoms with van der Waals surface area (Å²) in [6.45, 7) is 3.29. The molecule has 1 amide bonds. The molecule has 1 fully saturated rings. The fraction of sp³-hybridized carbons (Fsp3) is 0.474. The Morgan fingerprint density at radius 3 is 3.04 bits per heavy atom. The van der Waals surface area contributed by atoms with E-state index in [0.29, 0.717) is 13.2 Å². The van der Waals surface area contributed by atoms with Crippen LogP contribution in [0.5, 0.6) is 5.75 Å². The number of nitrogens with zero attached hydrogens (tertiary/aromatic N) is 2. The van der Waals surface area contributed by atoms with Crippen LogP contribution in [0.4, 0.5) is 5.13 Å². The minimum atomic E-state index is -0.0414. The summed E-state index contributed by atoms with van der Waals surface area (Å²) >= 11 is 1.67. The molecule has 4 rings (SSSR count). The van der Waals surface area contributed by atoms with Crippen molar-refractivity contribution in [2.45, 2.75) is 32.2 Å². The summed E-state index contributed by atoms with van der Waals surface area (Å²) in [6, 6.07) is 7.99. The second kappa shape index (κ2) is 7.44. The molecule has 132 valence electrons. The number of hydrogen-bond donors (Lipinski definition) is 1. The maximum atomic E-state index is 12.6. The molecular formula is C19H23N3O2S. The monoisotopic (exact) mass is 357 g/mol. The van der Waals surface area contributed by atoms with Crippen LogP contribution in [0.2, 0.25) is 0 Å². The number of rotatable bonds is 4. The van der Waals surface area contributed by atoms with E-state index in [-0.39, 0.29) is 11.8 Å². The van der Waals surface area contributed by atoms with Gasteiger partial charge in [0.25, 0.3) is 0 Å². The number of benzene rings is 1. The van der Waals surface area contributed by atoms with Crippen molar-refractivity contribution in [2.24, 2.45) is 5.92 Å². The van der Waals surface area contributed by atoms with Crippen LogP contribution in [0.1, 0.15) is 30.5 Å². The number of thiazole rings is 1. The van der Waals surface area contributed by atoms with E-state index in [1.807, 2.05) is 24.3 Å². The molecule has 0 spiro atoms. The molecule has 2 aliphatic heterocycles. The van der Waals surface area contributed by atoms with E-state index in [2.05, 4.69) is 20.6 Å². The highest BCUT2D eigenvalue weighted by Crippen LogP contribution is 2.27. The van der Waals surface area contributed by atoms with Crippen molar-refractivity contribution in [1.82, 2.24) is 10.3 Å². The molecule has 0 saturated carbocycles. The minimum Gasteiger partial charge on any atom is -0.493 e. The first-order chi connectivity index (χ1) is 12.3. The summed E-state index contributed by atoms with van der Waals surface area (Å²) in [5, 5.41) is 6.20. The molecule has 1 aromatic heterocycles. The second-order valence-corrected chi connectivity index (χ2v) is 7.52. The lowest BCUT2D eigenvalue weighted by Crippen LogP contribution is -2.32. The SMILES string of the molecule is O=C(NCc1csc(N2CCCC2)n1)[C@H]1CCOc2ccccc2C1. The van der Waals surface area contributed by atoms with E-state index in [4.69, 9.17) is 4.74 Å². The molecule has 1 aromatic carbocycles. The van der Waals surface area contributed by atoms with E-state index in [1.54, 1.807) is 11.3 Å². The van der Waals surface area contributed by atoms with E-state index in [1.165, 1.54) is 12.8 Å². The molecule has 25 heavy (non-hydrogen) atoms. The third kappa shape index (κ3) is 3.79. The molecule has 3 heterocycles. The summed E-state index contributed by atoms with van der Waals surface area (Å²) < 4.78 is 5.76. The summed E-state index contributed by atoms with van der Waals surface area (Å²) in [5.74, 6) is 0.962. The van der Waals surface area contributed by atoms with Gasteiger partial charge in [-0.3, -0.25) is 4.79 Å². The first-order valence-electron chi connectivity index (χ1n) is 8.97. The summed E-state index contributed by atoms with van der Waals surface area (Å²) in [4.78, 5) is 19.6. The molecule has 2 aliphatic rings. The van der Waals surface area contributed by atoms with Crippen LogP contribution in [-0.2, 0) is 17.8 Å². The summed E-state index contributed by atoms with van der Waals surface area (Å²) in [6.07, 6.45) is 3.97. The van der Waals surface area contributed by atoms with Gasteiger partial charge in [0.2, 0.25) is 5.91 Å². The van der Waals surface area contributed by atoms with Crippen LogP contribution >= 0.6 is 11.3 Å². The lowest BCUT2D eigenvalue weighted by atomic mass is 9.96. The van der Waals surface area contributed by atoms with Crippen LogP contribution in [0.25, 0.3) is 0 Å². The molecule has 0 aliphatic carbocycles. The number of para-hydroxylation sites is 1. The molecule has 0 unspecified atom stereocenters. The van der Waals surface area contributed by atoms with Gasteiger partial charge in [-0.1, -0.05) is 18.2 Å². The first kappa shape index (κ1) is 16.4. The number of amides is 1. The van der Waals surface area contributed by atoms with Crippen molar-refractivity contribution in [3.8, 4) is 5.75 Å². The Balaban J connectivity index is 1.34. The molecule has 0 radical (unpaired) electrons. The van der Waals surface area contributed by atoms with E-state index in [9.17, 15) is 4.79 Å². The number of fused-ring (bicyclic) bond motifs is 1. The van der Waals surface area contributed by atoms with Crippen LogP contribution < -0.4 is 15.0 Å². The smallest absolute Gasteiger partial charge is 0.223 e. The molecular weight excluding hydrogens is 334 g/mol. The van der Waals surface area contributed by atoms with Gasteiger partial charge in [0.05, 0.1) is 18.8 Å². The predicted octanol–water partition coefficient (Wildman–Crippen LogP) is 3.00. The lowest BCUT2D eigenvalue weighted by Gasteiger charge is -2.14. The van der Waals surface area contributed by atoms with Crippen molar-refractivity contribution in [2.75, 3.05) is 24.6 Å². The topological polar surface area (TPSA) is 54.5 Å². The maximum absolute atomic E-state index is 12.6. The number of ether oxygens (including phenoxy) is 1. The van der Waals surface area contributed by atoms with Crippen LogP contribution in [0.3, 0.4) is 0 Å². The van der Waals surface area contributed by atoms with Gasteiger partial charge < -0.3 is 15.0 Å². The fourth-order valence-corrected chi connectivity index (χ4v) is 4.35. The third-order valence-electron chi connectivity index (χ3n) is 4.89. The van der Waals surface area contributed by atoms with Gasteiger partial charge in [0.15, 0.2) is 5.13 Å². The van der Waals surface area contributed by atoms with Crippen molar-refractivity contribution < 1.29 is 9.53 Å². The normalized spacial score (nSPS) is 19.8. The van der Waals surface area contributed by atoms with Gasteiger partial charge in [0, 0.05) is 24.4 Å². The zero-order valence-electron chi connectivity index (χ0n) is 14.2. The second-order valence-electron chi connectivity index (χ2n) is 6.68. The molecule has 1 N–H and O–H groups in total. The van der Waals surface area contributed by atoms with Crippen LogP contribution in [0, 0.1) is 5.92 Å². The summed E-state index contributed by atoms with van der Waals surface area (Å²) in [7, 11) is 0. The van der Waals surface area contributed by atoms with Crippen molar-refractivity contribution in [3.05, 3.63) is 40.9 Å². The number of hydrogen-bond acceptors (Lipinski definition) is 5. The average molecular weight is 357 g/mol. The van der Waals surface area contributed by atoms with E-state index < -0.39 is 0 Å². The highest BCUT2D eigenvalue weighted by atomic mass is 32.1. The Bertz CT molecular complexity index is 740. The molecule has 0 bridgehead atoms. The number of anilines is 1. The van der Waals surface area contributed by atoms with Gasteiger partial charge in [0.1, 0.15) is 5.75 Å². The van der Waals surface area contributed by atoms with Gasteiger partial charge in [-0.25, -0.2) is 4.98 Å². The lowest BCUT2D eigenvalue weighted by molar-refractivity contribution is -0.125. The highest BCUT2D eigenvalue weighted by Gasteiger charge is 2.24. The van der Waals surface area contributed by atoms with Gasteiger partial charge in [-0.15, -0.1) is 11.3 Å². The number of carbonyl (C=O) groups is 1. The number of aromatic nitrogens is 1. The molecule has 2 aromatic rings. The van der Waals surface area contributed by atoms with Crippen molar-refractivity contribution in [3.63, 3.8) is 0 Å². The Labute approximate surface area is 152 Å². The van der Waals surface area contributed by atoms with Gasteiger partial charge >= 0.3 is 0 Å². The molecule has 6 heteroatoms. The standard InChI is InChI=1S/C19H23N3O2S/c23-18(15-7-10-24-17-6-2-1-5-14(17)11-15)20-12-16-13-25-19(21-16)22-8-3-4-9-22/h1-2,5-6,13,15H,3-4,7-12H2,(H,20,23)/t15-/m0/s1. The Kier molecular flexibility index (Phi) is 4.88. The van der Waals surface area contributed by atoms with Crippen molar-refractivity contribution >= 4 is 22.4 Å². The van der Waals surface area contributed by atoms with Crippen molar-refractivity contribution in [1.29, 1.82) is 0 Å². The first-order valence-corrected chi connectivity index (χ1v) is 9.85. The largest absolute Gasteiger partial charge is 0.493 e. The Morgan fingerprint density at radius 2 is 2.16 bits per heavy atom. The van der Waals surface area contributed by atoms with Gasteiger partial charge in [-0.2, -0.15) is 0 Å². The van der Waals surface area contributed by atoms with Crippen LogP contribution in [-0.4, -0.2) is 30.6 Å². The summed E-state index contributed by atoms with van der Waals surface area (Å²) in [5.41, 5.74) is 2.07. The van der Waals surface area contributed by atoms with E-state index in [0.717, 1.165) is 48.1 Å². The Hall–Kier alpha value is -2.08. The molecule has 1 atom stereocenters. The third-order valence-corrected chi connectivity index (χ3v) is 5.84.